The monoisotopic (exact) mass is 292 g/mol. The topological polar surface area (TPSA) is 49.7 Å². The lowest BCUT2D eigenvalue weighted by Crippen LogP contribution is -2.53. The highest BCUT2D eigenvalue weighted by molar-refractivity contribution is 6.60. The van der Waals surface area contributed by atoms with Crippen LogP contribution in [0.3, 0.4) is 0 Å². The van der Waals surface area contributed by atoms with Crippen LogP contribution in [0.1, 0.15) is 27.7 Å². The molecule has 0 aliphatic heterocycles. The van der Waals surface area contributed by atoms with E-state index < -0.39 is 30.0 Å². The molecule has 2 N–H and O–H groups in total. The van der Waals surface area contributed by atoms with Crippen molar-refractivity contribution in [3.63, 3.8) is 0 Å². The molecule has 0 spiro atoms. The normalized spacial score (nSPS) is 12.7. The van der Waals surface area contributed by atoms with E-state index in [9.17, 15) is 18.9 Å². The number of halogens is 3. The van der Waals surface area contributed by atoms with Gasteiger partial charge in [0.15, 0.2) is 0 Å². The second-order valence-electron chi connectivity index (χ2n) is 5.33. The molecule has 19 heavy (non-hydrogen) atoms. The third-order valence-electron chi connectivity index (χ3n) is 3.19. The second kappa shape index (κ2) is 5.36. The molecule has 0 radical (unpaired) electrons. The lowest BCUT2D eigenvalue weighted by Gasteiger charge is -2.38. The Morgan fingerprint density at radius 1 is 1.16 bits per heavy atom. The first-order chi connectivity index (χ1) is 8.45. The van der Waals surface area contributed by atoms with Gasteiger partial charge in [-0.3, -0.25) is 0 Å². The molecular formula is C12H16BClF2O3. The largest absolute Gasteiger partial charge is 0.494 e. The van der Waals surface area contributed by atoms with Gasteiger partial charge in [0.2, 0.25) is 0 Å². The average Bonchev–Trinajstić information content (AvgIpc) is 2.20. The quantitative estimate of drug-likeness (QED) is 0.658. The summed E-state index contributed by atoms with van der Waals surface area (Å²) in [5.74, 6) is -1.89. The number of aliphatic hydroxyl groups is 1. The van der Waals surface area contributed by atoms with E-state index in [0.717, 1.165) is 6.07 Å². The second-order valence-corrected chi connectivity index (χ2v) is 5.73. The Hall–Kier alpha value is -0.685. The molecule has 0 heterocycles. The van der Waals surface area contributed by atoms with Gasteiger partial charge in [-0.1, -0.05) is 11.6 Å². The van der Waals surface area contributed by atoms with E-state index in [1.165, 1.54) is 13.8 Å². The summed E-state index contributed by atoms with van der Waals surface area (Å²) in [5, 5.41) is 19.4. The number of hydrogen-bond donors (Lipinski definition) is 2. The molecule has 0 aromatic heterocycles. The van der Waals surface area contributed by atoms with Crippen LogP contribution in [0.5, 0.6) is 0 Å². The fraction of sp³-hybridized carbons (Fsp3) is 0.500. The van der Waals surface area contributed by atoms with Gasteiger partial charge in [-0.05, 0) is 33.8 Å². The minimum absolute atomic E-state index is 0.288. The van der Waals surface area contributed by atoms with E-state index in [1.807, 2.05) is 0 Å². The molecule has 0 atom stereocenters. The standard InChI is InChI=1S/C12H16BClF2O3/c1-11(2,17)12(3,4)19-13(18)7-5-8(14)10(16)6-9(7)15/h5-6,17-18H,1-4H3. The molecule has 106 valence electrons. The van der Waals surface area contributed by atoms with E-state index in [1.54, 1.807) is 13.8 Å². The molecule has 1 aromatic rings. The van der Waals surface area contributed by atoms with Gasteiger partial charge in [0.25, 0.3) is 0 Å². The smallest absolute Gasteiger partial charge is 0.423 e. The lowest BCUT2D eigenvalue weighted by molar-refractivity contribution is -0.0983. The molecule has 0 aliphatic carbocycles. The van der Waals surface area contributed by atoms with Crippen molar-refractivity contribution in [2.75, 3.05) is 0 Å². The van der Waals surface area contributed by atoms with Crippen molar-refractivity contribution in [3.05, 3.63) is 28.8 Å². The van der Waals surface area contributed by atoms with Gasteiger partial charge in [-0.15, -0.1) is 0 Å². The third-order valence-corrected chi connectivity index (χ3v) is 3.47. The van der Waals surface area contributed by atoms with Crippen molar-refractivity contribution >= 4 is 24.2 Å². The zero-order valence-electron chi connectivity index (χ0n) is 11.2. The molecule has 1 aromatic carbocycles. The molecule has 3 nitrogen and oxygen atoms in total. The van der Waals surface area contributed by atoms with Gasteiger partial charge in [0.1, 0.15) is 11.6 Å². The predicted octanol–water partition coefficient (Wildman–Crippen LogP) is 1.87. The molecular weight excluding hydrogens is 276 g/mol. The van der Waals surface area contributed by atoms with E-state index in [0.29, 0.717) is 6.07 Å². The molecule has 0 unspecified atom stereocenters. The Morgan fingerprint density at radius 3 is 2.16 bits per heavy atom. The number of hydrogen-bond acceptors (Lipinski definition) is 3. The lowest BCUT2D eigenvalue weighted by atomic mass is 9.76. The van der Waals surface area contributed by atoms with Crippen LogP contribution in [0.4, 0.5) is 8.78 Å². The number of benzene rings is 1. The Labute approximate surface area is 116 Å². The molecule has 0 saturated carbocycles. The summed E-state index contributed by atoms with van der Waals surface area (Å²) in [4.78, 5) is 0. The van der Waals surface area contributed by atoms with E-state index >= 15 is 0 Å². The van der Waals surface area contributed by atoms with Crippen LogP contribution in [-0.4, -0.2) is 28.5 Å². The molecule has 1 rings (SSSR count). The fourth-order valence-electron chi connectivity index (χ4n) is 1.21. The average molecular weight is 293 g/mol. The summed E-state index contributed by atoms with van der Waals surface area (Å²) in [7, 11) is -1.67. The van der Waals surface area contributed by atoms with Gasteiger partial charge in [-0.25, -0.2) is 8.78 Å². The maximum Gasteiger partial charge on any atom is 0.494 e. The van der Waals surface area contributed by atoms with Gasteiger partial charge in [0.05, 0.1) is 16.2 Å². The van der Waals surface area contributed by atoms with Gasteiger partial charge in [0, 0.05) is 11.5 Å². The Balaban J connectivity index is 3.03. The SMILES string of the molecule is CC(C)(O)C(C)(C)OB(O)c1cc(Cl)c(F)cc1F. The molecule has 7 heteroatoms. The van der Waals surface area contributed by atoms with Gasteiger partial charge in [-0.2, -0.15) is 0 Å². The number of rotatable bonds is 4. The van der Waals surface area contributed by atoms with Crippen molar-refractivity contribution in [1.29, 1.82) is 0 Å². The molecule has 0 aliphatic rings. The summed E-state index contributed by atoms with van der Waals surface area (Å²) >= 11 is 5.53. The van der Waals surface area contributed by atoms with Crippen molar-refractivity contribution in [3.8, 4) is 0 Å². The summed E-state index contributed by atoms with van der Waals surface area (Å²) < 4.78 is 31.8. The molecule has 0 bridgehead atoms. The highest BCUT2D eigenvalue weighted by Gasteiger charge is 2.40. The summed E-state index contributed by atoms with van der Waals surface area (Å²) in [6.45, 7) is 6.07. The van der Waals surface area contributed by atoms with Crippen molar-refractivity contribution < 1.29 is 23.6 Å². The van der Waals surface area contributed by atoms with Crippen LogP contribution in [0, 0.1) is 11.6 Å². The van der Waals surface area contributed by atoms with Crippen LogP contribution in [-0.2, 0) is 4.65 Å². The van der Waals surface area contributed by atoms with E-state index in [-0.39, 0.29) is 10.5 Å². The molecule has 0 fully saturated rings. The van der Waals surface area contributed by atoms with Crippen molar-refractivity contribution in [1.82, 2.24) is 0 Å². The first kappa shape index (κ1) is 16.4. The van der Waals surface area contributed by atoms with Crippen LogP contribution in [0.15, 0.2) is 12.1 Å². The first-order valence-electron chi connectivity index (χ1n) is 5.68. The van der Waals surface area contributed by atoms with Gasteiger partial charge >= 0.3 is 7.12 Å². The highest BCUT2D eigenvalue weighted by Crippen LogP contribution is 2.25. The minimum Gasteiger partial charge on any atom is -0.423 e. The van der Waals surface area contributed by atoms with Crippen molar-refractivity contribution in [2.24, 2.45) is 0 Å². The highest BCUT2D eigenvalue weighted by atomic mass is 35.5. The zero-order chi connectivity index (χ0) is 15.0. The summed E-state index contributed by atoms with van der Waals surface area (Å²) in [6, 6.07) is 1.53. The predicted molar refractivity (Wildman–Crippen MR) is 70.4 cm³/mol. The Bertz CT molecular complexity index is 475. The minimum atomic E-state index is -1.67. The van der Waals surface area contributed by atoms with Crippen LogP contribution in [0.2, 0.25) is 5.02 Å². The van der Waals surface area contributed by atoms with Crippen molar-refractivity contribution in [2.45, 2.75) is 38.9 Å². The maximum atomic E-state index is 13.6. The zero-order valence-corrected chi connectivity index (χ0v) is 11.9. The summed E-state index contributed by atoms with van der Waals surface area (Å²) in [6.07, 6.45) is 0. The van der Waals surface area contributed by atoms with Gasteiger partial charge < -0.3 is 14.8 Å². The van der Waals surface area contributed by atoms with Crippen LogP contribution >= 0.6 is 11.6 Å². The Kier molecular flexibility index (Phi) is 4.62. The Morgan fingerprint density at radius 2 is 1.68 bits per heavy atom. The fourth-order valence-corrected chi connectivity index (χ4v) is 1.39. The van der Waals surface area contributed by atoms with E-state index in [2.05, 4.69) is 0 Å². The maximum absolute atomic E-state index is 13.6. The third kappa shape index (κ3) is 3.66. The molecule has 0 saturated heterocycles. The van der Waals surface area contributed by atoms with Crippen LogP contribution < -0.4 is 5.46 Å². The summed E-state index contributed by atoms with van der Waals surface area (Å²) in [5.41, 5.74) is -2.71. The first-order valence-corrected chi connectivity index (χ1v) is 6.06. The van der Waals surface area contributed by atoms with E-state index in [4.69, 9.17) is 16.3 Å². The molecule has 0 amide bonds. The van der Waals surface area contributed by atoms with Crippen LogP contribution in [0.25, 0.3) is 0 Å².